The van der Waals surface area contributed by atoms with E-state index < -0.39 is 5.97 Å². The van der Waals surface area contributed by atoms with E-state index in [-0.39, 0.29) is 23.2 Å². The van der Waals surface area contributed by atoms with E-state index in [1.54, 1.807) is 7.11 Å². The fourth-order valence-electron chi connectivity index (χ4n) is 1.35. The van der Waals surface area contributed by atoms with E-state index in [4.69, 9.17) is 9.84 Å². The van der Waals surface area contributed by atoms with Gasteiger partial charge in [-0.25, -0.2) is 4.79 Å². The number of rotatable bonds is 6. The monoisotopic (exact) mass is 252 g/mol. The minimum Gasteiger partial charge on any atom is -0.478 e. The molecule has 1 unspecified atom stereocenters. The van der Waals surface area contributed by atoms with Gasteiger partial charge in [0.15, 0.2) is 0 Å². The lowest BCUT2D eigenvalue weighted by Crippen LogP contribution is -2.34. The molecule has 98 valence electrons. The number of hydrogen-bond acceptors (Lipinski definition) is 4. The van der Waals surface area contributed by atoms with E-state index in [9.17, 15) is 9.59 Å². The van der Waals surface area contributed by atoms with Crippen molar-refractivity contribution in [3.63, 3.8) is 0 Å². The quantitative estimate of drug-likeness (QED) is 0.786. The Morgan fingerprint density at radius 2 is 2.28 bits per heavy atom. The van der Waals surface area contributed by atoms with Gasteiger partial charge in [-0.3, -0.25) is 9.78 Å². The van der Waals surface area contributed by atoms with Crippen molar-refractivity contribution in [1.82, 2.24) is 10.3 Å². The molecule has 1 atom stereocenters. The first-order valence-corrected chi connectivity index (χ1v) is 5.53. The second kappa shape index (κ2) is 6.70. The Morgan fingerprint density at radius 1 is 1.56 bits per heavy atom. The van der Waals surface area contributed by atoms with Crippen LogP contribution in [0.2, 0.25) is 0 Å². The first kappa shape index (κ1) is 14.1. The van der Waals surface area contributed by atoms with Crippen LogP contribution in [0, 0.1) is 0 Å². The molecule has 1 heterocycles. The number of hydrogen-bond donors (Lipinski definition) is 2. The van der Waals surface area contributed by atoms with Gasteiger partial charge in [-0.1, -0.05) is 0 Å². The Hall–Kier alpha value is -1.95. The number of ether oxygens (including phenoxy) is 1. The molecule has 1 amide bonds. The molecule has 0 saturated heterocycles. The van der Waals surface area contributed by atoms with Crippen molar-refractivity contribution in [2.24, 2.45) is 0 Å². The van der Waals surface area contributed by atoms with Crippen LogP contribution in [0.15, 0.2) is 18.3 Å². The van der Waals surface area contributed by atoms with Gasteiger partial charge < -0.3 is 15.2 Å². The van der Waals surface area contributed by atoms with Crippen molar-refractivity contribution in [2.45, 2.75) is 19.4 Å². The number of aromatic nitrogens is 1. The van der Waals surface area contributed by atoms with Gasteiger partial charge >= 0.3 is 5.97 Å². The van der Waals surface area contributed by atoms with Gasteiger partial charge in [0.25, 0.3) is 5.91 Å². The molecule has 6 nitrogen and oxygen atoms in total. The molecule has 0 aromatic carbocycles. The Balaban J connectivity index is 2.66. The first-order valence-electron chi connectivity index (χ1n) is 5.53. The molecule has 2 N–H and O–H groups in total. The van der Waals surface area contributed by atoms with Crippen LogP contribution in [-0.2, 0) is 4.74 Å². The van der Waals surface area contributed by atoms with Crippen LogP contribution in [0.1, 0.15) is 34.2 Å². The van der Waals surface area contributed by atoms with Crippen molar-refractivity contribution < 1.29 is 19.4 Å². The molecular formula is C12H16N2O4. The molecular weight excluding hydrogens is 236 g/mol. The molecule has 1 aromatic rings. The first-order chi connectivity index (χ1) is 8.54. The summed E-state index contributed by atoms with van der Waals surface area (Å²) in [7, 11) is 1.59. The number of carbonyl (C=O) groups is 2. The molecule has 18 heavy (non-hydrogen) atoms. The number of methoxy groups -OCH3 is 1. The predicted molar refractivity (Wildman–Crippen MR) is 64.6 cm³/mol. The predicted octanol–water partition coefficient (Wildman–Crippen LogP) is 0.935. The Morgan fingerprint density at radius 3 is 2.89 bits per heavy atom. The van der Waals surface area contributed by atoms with E-state index in [0.29, 0.717) is 13.0 Å². The molecule has 0 bridgehead atoms. The van der Waals surface area contributed by atoms with Gasteiger partial charge in [0, 0.05) is 26.0 Å². The van der Waals surface area contributed by atoms with Gasteiger partial charge in [-0.2, -0.15) is 0 Å². The lowest BCUT2D eigenvalue weighted by Gasteiger charge is -2.12. The minimum atomic E-state index is -1.08. The smallest absolute Gasteiger partial charge is 0.335 e. The van der Waals surface area contributed by atoms with Crippen molar-refractivity contribution in [3.8, 4) is 0 Å². The van der Waals surface area contributed by atoms with Gasteiger partial charge in [-0.15, -0.1) is 0 Å². The summed E-state index contributed by atoms with van der Waals surface area (Å²) in [5.41, 5.74) is 0.138. The zero-order valence-corrected chi connectivity index (χ0v) is 10.3. The lowest BCUT2D eigenvalue weighted by atomic mass is 10.2. The number of carbonyl (C=O) groups excluding carboxylic acids is 1. The molecule has 6 heteroatoms. The van der Waals surface area contributed by atoms with Crippen LogP contribution in [0.25, 0.3) is 0 Å². The van der Waals surface area contributed by atoms with Crippen LogP contribution >= 0.6 is 0 Å². The fraction of sp³-hybridized carbons (Fsp3) is 0.417. The zero-order chi connectivity index (χ0) is 13.5. The van der Waals surface area contributed by atoms with E-state index in [1.165, 1.54) is 18.3 Å². The average molecular weight is 252 g/mol. The molecule has 0 spiro atoms. The van der Waals surface area contributed by atoms with Gasteiger partial charge in [0.05, 0.1) is 5.56 Å². The topological polar surface area (TPSA) is 88.5 Å². The Kier molecular flexibility index (Phi) is 5.26. The summed E-state index contributed by atoms with van der Waals surface area (Å²) in [6.07, 6.45) is 1.99. The van der Waals surface area contributed by atoms with Crippen LogP contribution in [0.4, 0.5) is 0 Å². The minimum absolute atomic E-state index is 0.0414. The van der Waals surface area contributed by atoms with Gasteiger partial charge in [0.2, 0.25) is 0 Å². The maximum atomic E-state index is 11.8. The van der Waals surface area contributed by atoms with Crippen LogP contribution in [-0.4, -0.2) is 41.7 Å². The largest absolute Gasteiger partial charge is 0.478 e. The van der Waals surface area contributed by atoms with Crippen molar-refractivity contribution >= 4 is 11.9 Å². The number of aromatic carboxylic acids is 1. The molecule has 0 radical (unpaired) electrons. The second-order valence-corrected chi connectivity index (χ2v) is 3.89. The van der Waals surface area contributed by atoms with Crippen LogP contribution < -0.4 is 5.32 Å². The van der Waals surface area contributed by atoms with Crippen LogP contribution in [0.3, 0.4) is 0 Å². The number of amides is 1. The van der Waals surface area contributed by atoms with E-state index in [0.717, 1.165) is 0 Å². The Labute approximate surface area is 105 Å². The molecule has 0 aliphatic heterocycles. The van der Waals surface area contributed by atoms with Crippen molar-refractivity contribution in [3.05, 3.63) is 29.6 Å². The highest BCUT2D eigenvalue weighted by atomic mass is 16.5. The maximum Gasteiger partial charge on any atom is 0.335 e. The third-order valence-electron chi connectivity index (χ3n) is 2.37. The molecule has 1 rings (SSSR count). The van der Waals surface area contributed by atoms with Crippen molar-refractivity contribution in [2.75, 3.05) is 13.7 Å². The molecule has 0 aliphatic carbocycles. The molecule has 1 aromatic heterocycles. The highest BCUT2D eigenvalue weighted by Gasteiger charge is 2.13. The third kappa shape index (κ3) is 4.14. The highest BCUT2D eigenvalue weighted by molar-refractivity contribution is 5.95. The van der Waals surface area contributed by atoms with Crippen LogP contribution in [0.5, 0.6) is 0 Å². The lowest BCUT2D eigenvalue weighted by molar-refractivity contribution is 0.0696. The summed E-state index contributed by atoms with van der Waals surface area (Å²) in [6.45, 7) is 2.39. The van der Waals surface area contributed by atoms with E-state index in [1.807, 2.05) is 6.92 Å². The summed E-state index contributed by atoms with van der Waals surface area (Å²) in [5, 5.41) is 11.5. The van der Waals surface area contributed by atoms with Gasteiger partial charge in [-0.05, 0) is 25.5 Å². The highest BCUT2D eigenvalue weighted by Crippen LogP contribution is 2.03. The summed E-state index contributed by atoms with van der Waals surface area (Å²) >= 11 is 0. The molecule has 0 aliphatic rings. The average Bonchev–Trinajstić information content (AvgIpc) is 2.36. The number of pyridine rings is 1. The second-order valence-electron chi connectivity index (χ2n) is 3.89. The number of nitrogens with one attached hydrogen (secondary N) is 1. The summed E-state index contributed by atoms with van der Waals surface area (Å²) in [6, 6.07) is 2.53. The van der Waals surface area contributed by atoms with Gasteiger partial charge in [0.1, 0.15) is 5.69 Å². The maximum absolute atomic E-state index is 11.8. The molecule has 0 saturated carbocycles. The number of carboxylic acids is 1. The standard InChI is InChI=1S/C12H16N2O4/c1-8(4-6-18-2)14-11(15)10-7-9(12(16)17)3-5-13-10/h3,5,7-8H,4,6H2,1-2H3,(H,14,15)(H,16,17). The van der Waals surface area contributed by atoms with E-state index in [2.05, 4.69) is 10.3 Å². The summed E-state index contributed by atoms with van der Waals surface area (Å²) in [5.74, 6) is -1.47. The summed E-state index contributed by atoms with van der Waals surface area (Å²) < 4.78 is 4.91. The SMILES string of the molecule is COCCC(C)NC(=O)c1cc(C(=O)O)ccn1. The fourth-order valence-corrected chi connectivity index (χ4v) is 1.35. The zero-order valence-electron chi connectivity index (χ0n) is 10.3. The summed E-state index contributed by atoms with van der Waals surface area (Å²) in [4.78, 5) is 26.4. The van der Waals surface area contributed by atoms with E-state index >= 15 is 0 Å². The number of carboxylic acid groups (broad SMARTS) is 1. The third-order valence-corrected chi connectivity index (χ3v) is 2.37. The normalized spacial score (nSPS) is 11.9. The van der Waals surface area contributed by atoms with Crippen molar-refractivity contribution in [1.29, 1.82) is 0 Å². The molecule has 0 fully saturated rings. The number of nitrogens with zero attached hydrogens (tertiary/aromatic N) is 1. The Bertz CT molecular complexity index is 434.